The molecular weight excluding hydrogens is 450 g/mol. The minimum Gasteiger partial charge on any atom is -0.480 e. The predicted molar refractivity (Wildman–Crippen MR) is 118 cm³/mol. The number of benzene rings is 1. The fraction of sp³-hybridized carbons (Fsp3) is 0.348. The van der Waals surface area contributed by atoms with E-state index in [4.69, 9.17) is 15.9 Å². The highest BCUT2D eigenvalue weighted by Gasteiger charge is 2.37. The maximum absolute atomic E-state index is 15.4. The second-order valence-corrected chi connectivity index (χ2v) is 7.92. The molecule has 0 saturated carbocycles. The van der Waals surface area contributed by atoms with Crippen molar-refractivity contribution in [1.29, 1.82) is 5.41 Å². The van der Waals surface area contributed by atoms with Gasteiger partial charge in [-0.05, 0) is 36.6 Å². The molecule has 2 aromatic rings. The van der Waals surface area contributed by atoms with Gasteiger partial charge in [-0.25, -0.2) is 13.6 Å². The van der Waals surface area contributed by atoms with E-state index in [0.717, 1.165) is 13.2 Å². The second-order valence-electron chi connectivity index (χ2n) is 7.92. The number of nitrogens with zero attached hydrogens (tertiary/aromatic N) is 2. The van der Waals surface area contributed by atoms with Gasteiger partial charge in [0.1, 0.15) is 28.6 Å². The molecule has 0 aliphatic carbocycles. The standard InChI is InChI=1S/C23H24F2N4O5/c1-33-20-16(11-15(19(27)28-20)17(26)18(30)22(32)34-2)21(31)29-9-7-23(25,8-10-29)12-13-3-5-14(24)6-4-13/h3-6,11,26H,7-10,12H2,1-2H3,(H2,27,28). The predicted octanol–water partition coefficient (Wildman–Crippen LogP) is 2.11. The first-order chi connectivity index (χ1) is 16.1. The van der Waals surface area contributed by atoms with Crippen LogP contribution in [0.25, 0.3) is 0 Å². The average molecular weight is 474 g/mol. The number of nitrogens with one attached hydrogen (secondary N) is 1. The molecule has 11 heteroatoms. The van der Waals surface area contributed by atoms with E-state index < -0.39 is 34.9 Å². The third-order valence-electron chi connectivity index (χ3n) is 5.69. The van der Waals surface area contributed by atoms with Crippen LogP contribution in [0.3, 0.4) is 0 Å². The highest BCUT2D eigenvalue weighted by Crippen LogP contribution is 2.32. The molecule has 1 aromatic carbocycles. The number of carbonyl (C=O) groups is 3. The van der Waals surface area contributed by atoms with Crippen molar-refractivity contribution in [2.75, 3.05) is 33.0 Å². The average Bonchev–Trinajstić information content (AvgIpc) is 2.83. The first-order valence-electron chi connectivity index (χ1n) is 10.4. The van der Waals surface area contributed by atoms with Gasteiger partial charge in [0, 0.05) is 25.1 Å². The maximum atomic E-state index is 15.4. The maximum Gasteiger partial charge on any atom is 0.381 e. The number of esters is 1. The van der Waals surface area contributed by atoms with Crippen LogP contribution in [0.5, 0.6) is 5.88 Å². The molecule has 2 heterocycles. The van der Waals surface area contributed by atoms with E-state index in [1.807, 2.05) is 0 Å². The summed E-state index contributed by atoms with van der Waals surface area (Å²) in [4.78, 5) is 42.1. The number of carbonyl (C=O) groups excluding carboxylic acids is 3. The summed E-state index contributed by atoms with van der Waals surface area (Å²) in [6, 6.07) is 6.77. The molecule has 3 N–H and O–H groups in total. The lowest BCUT2D eigenvalue weighted by molar-refractivity contribution is -0.148. The van der Waals surface area contributed by atoms with E-state index in [1.54, 1.807) is 0 Å². The largest absolute Gasteiger partial charge is 0.480 e. The monoisotopic (exact) mass is 474 g/mol. The summed E-state index contributed by atoms with van der Waals surface area (Å²) in [6.07, 6.45) is 0.216. The Hall–Kier alpha value is -3.89. The van der Waals surface area contributed by atoms with Crippen LogP contribution in [-0.2, 0) is 20.7 Å². The molecule has 0 unspecified atom stereocenters. The second kappa shape index (κ2) is 9.94. The van der Waals surface area contributed by atoms with Gasteiger partial charge >= 0.3 is 5.97 Å². The number of aromatic nitrogens is 1. The number of rotatable bonds is 7. The summed E-state index contributed by atoms with van der Waals surface area (Å²) in [5.74, 6) is -3.87. The highest BCUT2D eigenvalue weighted by molar-refractivity contribution is 6.66. The van der Waals surface area contributed by atoms with Crippen LogP contribution in [0.15, 0.2) is 30.3 Å². The molecule has 1 saturated heterocycles. The minimum atomic E-state index is -1.56. The third-order valence-corrected chi connectivity index (χ3v) is 5.69. The Kier molecular flexibility index (Phi) is 7.23. The number of likely N-dealkylation sites (tertiary alicyclic amines) is 1. The number of anilines is 1. The first kappa shape index (κ1) is 24.7. The van der Waals surface area contributed by atoms with E-state index in [2.05, 4.69) is 9.72 Å². The molecule has 0 bridgehead atoms. The first-order valence-corrected chi connectivity index (χ1v) is 10.4. The number of hydrogen-bond acceptors (Lipinski definition) is 8. The molecule has 1 aliphatic rings. The molecule has 0 spiro atoms. The normalized spacial score (nSPS) is 14.9. The number of piperidine rings is 1. The number of ketones is 1. The molecule has 0 radical (unpaired) electrons. The van der Waals surface area contributed by atoms with Crippen molar-refractivity contribution in [2.24, 2.45) is 0 Å². The molecular formula is C23H24F2N4O5. The zero-order valence-electron chi connectivity index (χ0n) is 18.7. The number of alkyl halides is 1. The lowest BCUT2D eigenvalue weighted by Crippen LogP contribution is -2.45. The molecule has 34 heavy (non-hydrogen) atoms. The molecule has 1 aliphatic heterocycles. The van der Waals surface area contributed by atoms with Crippen LogP contribution < -0.4 is 10.5 Å². The molecule has 1 amide bonds. The number of Topliss-reactive ketones (excluding diaryl/α,β-unsaturated/α-hetero) is 1. The van der Waals surface area contributed by atoms with E-state index in [9.17, 15) is 18.8 Å². The molecule has 9 nitrogen and oxygen atoms in total. The lowest BCUT2D eigenvalue weighted by Gasteiger charge is -2.36. The Balaban J connectivity index is 1.79. The fourth-order valence-electron chi connectivity index (χ4n) is 3.76. The van der Waals surface area contributed by atoms with Gasteiger partial charge in [-0.15, -0.1) is 0 Å². The van der Waals surface area contributed by atoms with Gasteiger partial charge in [0.15, 0.2) is 0 Å². The summed E-state index contributed by atoms with van der Waals surface area (Å²) in [7, 11) is 2.27. The van der Waals surface area contributed by atoms with Crippen molar-refractivity contribution in [3.05, 3.63) is 52.8 Å². The van der Waals surface area contributed by atoms with Crippen molar-refractivity contribution in [2.45, 2.75) is 24.9 Å². The number of methoxy groups -OCH3 is 2. The highest BCUT2D eigenvalue weighted by atomic mass is 19.1. The van der Waals surface area contributed by atoms with Gasteiger partial charge in [-0.3, -0.25) is 15.0 Å². The van der Waals surface area contributed by atoms with Crippen LogP contribution in [-0.4, -0.2) is 66.2 Å². The van der Waals surface area contributed by atoms with Crippen LogP contribution in [0.2, 0.25) is 0 Å². The van der Waals surface area contributed by atoms with Crippen LogP contribution in [0.1, 0.15) is 34.3 Å². The summed E-state index contributed by atoms with van der Waals surface area (Å²) >= 11 is 0. The van der Waals surface area contributed by atoms with Gasteiger partial charge in [0.2, 0.25) is 5.88 Å². The summed E-state index contributed by atoms with van der Waals surface area (Å²) in [6.45, 7) is 0.190. The number of hydrogen-bond donors (Lipinski definition) is 2. The Morgan fingerprint density at radius 1 is 1.15 bits per heavy atom. The molecule has 1 aromatic heterocycles. The smallest absolute Gasteiger partial charge is 0.381 e. The summed E-state index contributed by atoms with van der Waals surface area (Å²) in [5, 5.41) is 7.98. The van der Waals surface area contributed by atoms with E-state index in [0.29, 0.717) is 5.56 Å². The Labute approximate surface area is 194 Å². The molecule has 3 rings (SSSR count). The zero-order valence-corrected chi connectivity index (χ0v) is 18.7. The Morgan fingerprint density at radius 2 is 1.76 bits per heavy atom. The molecule has 0 atom stereocenters. The van der Waals surface area contributed by atoms with Crippen molar-refractivity contribution >= 4 is 29.2 Å². The van der Waals surface area contributed by atoms with Crippen LogP contribution in [0.4, 0.5) is 14.6 Å². The minimum absolute atomic E-state index is 0.0599. The van der Waals surface area contributed by atoms with Crippen molar-refractivity contribution in [3.63, 3.8) is 0 Å². The lowest BCUT2D eigenvalue weighted by atomic mass is 9.87. The van der Waals surface area contributed by atoms with Crippen molar-refractivity contribution in [3.8, 4) is 5.88 Å². The van der Waals surface area contributed by atoms with E-state index >= 15 is 4.39 Å². The Bertz CT molecular complexity index is 1130. The zero-order chi connectivity index (χ0) is 25.0. The number of nitrogen functional groups attached to an aromatic ring is 1. The Morgan fingerprint density at radius 3 is 2.32 bits per heavy atom. The van der Waals surface area contributed by atoms with Gasteiger partial charge in [-0.1, -0.05) is 12.1 Å². The number of halogens is 2. The summed E-state index contributed by atoms with van der Waals surface area (Å²) in [5.41, 5.74) is 3.81. The van der Waals surface area contributed by atoms with Gasteiger partial charge in [0.25, 0.3) is 11.7 Å². The van der Waals surface area contributed by atoms with E-state index in [-0.39, 0.29) is 55.2 Å². The van der Waals surface area contributed by atoms with E-state index in [1.165, 1.54) is 36.3 Å². The van der Waals surface area contributed by atoms with Crippen molar-refractivity contribution < 1.29 is 32.6 Å². The third kappa shape index (κ3) is 5.19. The molecule has 1 fully saturated rings. The van der Waals surface area contributed by atoms with Crippen molar-refractivity contribution in [1.82, 2.24) is 9.88 Å². The number of pyridine rings is 1. The number of ether oxygens (including phenoxy) is 2. The number of nitrogens with two attached hydrogens (primary N) is 1. The SMILES string of the molecule is COC(=O)C(=O)C(=N)c1cc(C(=O)N2CCC(F)(Cc3ccc(F)cc3)CC2)c(OC)nc1N. The van der Waals surface area contributed by atoms with Gasteiger partial charge < -0.3 is 20.1 Å². The molecule has 180 valence electrons. The van der Waals surface area contributed by atoms with Crippen LogP contribution in [0, 0.1) is 11.2 Å². The number of amides is 1. The van der Waals surface area contributed by atoms with Crippen LogP contribution >= 0.6 is 0 Å². The van der Waals surface area contributed by atoms with Gasteiger partial charge in [0.05, 0.1) is 14.2 Å². The topological polar surface area (TPSA) is 136 Å². The quantitative estimate of drug-likeness (QED) is 0.356. The summed E-state index contributed by atoms with van der Waals surface area (Å²) < 4.78 is 38.0. The fourth-order valence-corrected chi connectivity index (χ4v) is 3.76. The van der Waals surface area contributed by atoms with Gasteiger partial charge in [-0.2, -0.15) is 4.98 Å².